The molecule has 0 atom stereocenters. The van der Waals surface area contributed by atoms with Crippen LogP contribution in [0.4, 0.5) is 0 Å². The van der Waals surface area contributed by atoms with Crippen LogP contribution in [0.3, 0.4) is 0 Å². The van der Waals surface area contributed by atoms with Crippen molar-refractivity contribution >= 4 is 17.9 Å². The Kier molecular flexibility index (Phi) is 3.87. The molecule has 1 aromatic carbocycles. The van der Waals surface area contributed by atoms with E-state index in [9.17, 15) is 4.79 Å². The second kappa shape index (κ2) is 6.13. The lowest BCUT2D eigenvalue weighted by Crippen LogP contribution is -2.04. The van der Waals surface area contributed by atoms with Crippen molar-refractivity contribution in [2.75, 3.05) is 6.61 Å². The van der Waals surface area contributed by atoms with Crippen LogP contribution in [-0.4, -0.2) is 18.5 Å². The molecular formula is C17H13NO4. The van der Waals surface area contributed by atoms with Gasteiger partial charge in [-0.05, 0) is 35.9 Å². The highest BCUT2D eigenvalue weighted by molar-refractivity contribution is 6.11. The molecule has 1 aliphatic rings. The van der Waals surface area contributed by atoms with Crippen molar-refractivity contribution in [2.45, 2.75) is 0 Å². The maximum atomic E-state index is 11.8. The van der Waals surface area contributed by atoms with Gasteiger partial charge in [0.25, 0.3) is 5.90 Å². The summed E-state index contributed by atoms with van der Waals surface area (Å²) in [6.07, 6.45) is 4.80. The van der Waals surface area contributed by atoms with Crippen LogP contribution in [0, 0.1) is 0 Å². The van der Waals surface area contributed by atoms with Crippen molar-refractivity contribution in [3.05, 3.63) is 72.3 Å². The first-order chi connectivity index (χ1) is 10.8. The molecule has 0 N–H and O–H groups in total. The molecule has 2 aromatic rings. The lowest BCUT2D eigenvalue weighted by atomic mass is 10.2. The van der Waals surface area contributed by atoms with Gasteiger partial charge in [-0.15, -0.1) is 0 Å². The molecule has 0 unspecified atom stereocenters. The van der Waals surface area contributed by atoms with Gasteiger partial charge in [-0.1, -0.05) is 24.8 Å². The fourth-order valence-electron chi connectivity index (χ4n) is 1.92. The summed E-state index contributed by atoms with van der Waals surface area (Å²) in [6, 6.07) is 10.7. The van der Waals surface area contributed by atoms with E-state index in [1.165, 1.54) is 6.26 Å². The molecule has 2 heterocycles. The Bertz CT molecular complexity index is 757. The number of benzene rings is 1. The van der Waals surface area contributed by atoms with Crippen molar-refractivity contribution in [2.24, 2.45) is 4.99 Å². The summed E-state index contributed by atoms with van der Waals surface area (Å²) in [5.41, 5.74) is 1.00. The van der Waals surface area contributed by atoms with Crippen LogP contribution in [0.5, 0.6) is 5.75 Å². The molecule has 0 spiro atoms. The molecule has 5 heteroatoms. The highest BCUT2D eigenvalue weighted by atomic mass is 16.6. The Balaban J connectivity index is 1.85. The fourth-order valence-corrected chi connectivity index (χ4v) is 1.92. The minimum absolute atomic E-state index is 0.167. The summed E-state index contributed by atoms with van der Waals surface area (Å²) in [5.74, 6) is 0.764. The molecule has 0 radical (unpaired) electrons. The van der Waals surface area contributed by atoms with Crippen LogP contribution in [0.25, 0.3) is 6.08 Å². The van der Waals surface area contributed by atoms with Gasteiger partial charge < -0.3 is 13.9 Å². The molecule has 0 saturated heterocycles. The Morgan fingerprint density at radius 2 is 2.18 bits per heavy atom. The van der Waals surface area contributed by atoms with Gasteiger partial charge in [0.2, 0.25) is 0 Å². The topological polar surface area (TPSA) is 61.0 Å². The zero-order valence-electron chi connectivity index (χ0n) is 11.7. The van der Waals surface area contributed by atoms with Crippen molar-refractivity contribution < 1.29 is 18.7 Å². The molecule has 0 amide bonds. The largest absolute Gasteiger partial charge is 0.490 e. The Morgan fingerprint density at radius 1 is 1.27 bits per heavy atom. The third-order valence-corrected chi connectivity index (χ3v) is 2.88. The molecule has 22 heavy (non-hydrogen) atoms. The second-order valence-electron chi connectivity index (χ2n) is 4.49. The minimum Gasteiger partial charge on any atom is -0.490 e. The first kappa shape index (κ1) is 13.9. The van der Waals surface area contributed by atoms with Gasteiger partial charge in [0, 0.05) is 0 Å². The molecule has 0 bridgehead atoms. The fraction of sp³-hybridized carbons (Fsp3) is 0.0588. The van der Waals surface area contributed by atoms with Gasteiger partial charge in [0.1, 0.15) is 12.4 Å². The van der Waals surface area contributed by atoms with Gasteiger partial charge in [-0.2, -0.15) is 0 Å². The molecule has 3 rings (SSSR count). The predicted octanol–water partition coefficient (Wildman–Crippen LogP) is 3.19. The van der Waals surface area contributed by atoms with E-state index in [-0.39, 0.29) is 11.6 Å². The van der Waals surface area contributed by atoms with Crippen LogP contribution in [-0.2, 0) is 9.53 Å². The minimum atomic E-state index is -0.510. The van der Waals surface area contributed by atoms with Crippen LogP contribution < -0.4 is 4.74 Å². The number of rotatable bonds is 5. The molecule has 110 valence electrons. The standard InChI is InChI=1S/C17H13NO4/c1-2-8-20-13-6-3-5-12(10-13)11-14-17(19)22-16(18-14)15-7-4-9-21-15/h2-7,9-11H,1,8H2. The maximum Gasteiger partial charge on any atom is 0.363 e. The number of carbonyl (C=O) groups excluding carboxylic acids is 1. The number of ether oxygens (including phenoxy) is 2. The predicted molar refractivity (Wildman–Crippen MR) is 81.4 cm³/mol. The zero-order valence-corrected chi connectivity index (χ0v) is 11.7. The second-order valence-corrected chi connectivity index (χ2v) is 4.49. The van der Waals surface area contributed by atoms with Gasteiger partial charge >= 0.3 is 5.97 Å². The number of esters is 1. The van der Waals surface area contributed by atoms with E-state index in [0.717, 1.165) is 5.56 Å². The molecule has 0 saturated carbocycles. The monoisotopic (exact) mass is 295 g/mol. The van der Waals surface area contributed by atoms with Crippen molar-refractivity contribution in [1.82, 2.24) is 0 Å². The maximum absolute atomic E-state index is 11.8. The number of cyclic esters (lactones) is 1. The normalized spacial score (nSPS) is 15.5. The Hall–Kier alpha value is -3.08. The summed E-state index contributed by atoms with van der Waals surface area (Å²) in [7, 11) is 0. The molecule has 1 aromatic heterocycles. The third kappa shape index (κ3) is 2.98. The number of carbonyl (C=O) groups is 1. The molecule has 1 aliphatic heterocycles. The average molecular weight is 295 g/mol. The van der Waals surface area contributed by atoms with Gasteiger partial charge in [-0.3, -0.25) is 0 Å². The zero-order chi connectivity index (χ0) is 15.4. The highest BCUT2D eigenvalue weighted by Crippen LogP contribution is 2.21. The number of hydrogen-bond donors (Lipinski definition) is 0. The van der Waals surface area contributed by atoms with Crippen LogP contribution in [0.2, 0.25) is 0 Å². The van der Waals surface area contributed by atoms with E-state index in [1.54, 1.807) is 24.3 Å². The molecule has 0 aliphatic carbocycles. The third-order valence-electron chi connectivity index (χ3n) is 2.88. The van der Waals surface area contributed by atoms with Crippen LogP contribution in [0.1, 0.15) is 11.3 Å². The van der Waals surface area contributed by atoms with Crippen molar-refractivity contribution in [3.8, 4) is 5.75 Å². The smallest absolute Gasteiger partial charge is 0.363 e. The first-order valence-corrected chi connectivity index (χ1v) is 6.66. The quantitative estimate of drug-likeness (QED) is 0.483. The molecule has 0 fully saturated rings. The Labute approximate surface area is 127 Å². The Morgan fingerprint density at radius 3 is 2.95 bits per heavy atom. The van der Waals surface area contributed by atoms with E-state index in [0.29, 0.717) is 18.1 Å². The number of nitrogens with zero attached hydrogens (tertiary/aromatic N) is 1. The lowest BCUT2D eigenvalue weighted by molar-refractivity contribution is -0.130. The summed E-state index contributed by atoms with van der Waals surface area (Å²) >= 11 is 0. The number of furan rings is 1. The van der Waals surface area contributed by atoms with Gasteiger partial charge in [0.15, 0.2) is 11.5 Å². The number of aliphatic imine (C=N–C) groups is 1. The van der Waals surface area contributed by atoms with Crippen LogP contribution >= 0.6 is 0 Å². The van der Waals surface area contributed by atoms with Crippen molar-refractivity contribution in [3.63, 3.8) is 0 Å². The highest BCUT2D eigenvalue weighted by Gasteiger charge is 2.25. The SMILES string of the molecule is C=CCOc1cccc(C=C2N=C(c3ccco3)OC2=O)c1. The molecule has 5 nitrogen and oxygen atoms in total. The first-order valence-electron chi connectivity index (χ1n) is 6.66. The van der Waals surface area contributed by atoms with E-state index in [1.807, 2.05) is 24.3 Å². The summed E-state index contributed by atoms with van der Waals surface area (Å²) in [6.45, 7) is 4.02. The summed E-state index contributed by atoms with van der Waals surface area (Å²) in [5, 5.41) is 0. The van der Waals surface area contributed by atoms with E-state index >= 15 is 0 Å². The van der Waals surface area contributed by atoms with E-state index in [4.69, 9.17) is 13.9 Å². The van der Waals surface area contributed by atoms with Crippen molar-refractivity contribution in [1.29, 1.82) is 0 Å². The van der Waals surface area contributed by atoms with Gasteiger partial charge in [0.05, 0.1) is 6.26 Å². The van der Waals surface area contributed by atoms with E-state index in [2.05, 4.69) is 11.6 Å². The van der Waals surface area contributed by atoms with E-state index < -0.39 is 5.97 Å². The van der Waals surface area contributed by atoms with Crippen LogP contribution in [0.15, 0.2) is 70.4 Å². The average Bonchev–Trinajstić information content (AvgIpc) is 3.16. The summed E-state index contributed by atoms with van der Waals surface area (Å²) in [4.78, 5) is 16.0. The van der Waals surface area contributed by atoms with Gasteiger partial charge in [-0.25, -0.2) is 9.79 Å². The summed E-state index contributed by atoms with van der Waals surface area (Å²) < 4.78 is 15.7. The number of hydrogen-bond acceptors (Lipinski definition) is 5. The molecular weight excluding hydrogens is 282 g/mol. The lowest BCUT2D eigenvalue weighted by Gasteiger charge is -2.03.